The van der Waals surface area contributed by atoms with Crippen LogP contribution in [0.15, 0.2) is 6.20 Å². The van der Waals surface area contributed by atoms with E-state index in [0.717, 1.165) is 0 Å². The highest BCUT2D eigenvalue weighted by Crippen LogP contribution is 2.18. The van der Waals surface area contributed by atoms with Gasteiger partial charge in [-0.15, -0.1) is 0 Å². The third kappa shape index (κ3) is 2.27. The summed E-state index contributed by atoms with van der Waals surface area (Å²) >= 11 is 0. The standard InChI is InChI=1S/C8H13N3O2/c1-6(2)4-7-8(11(12)13)5-10(3)9-7/h5-6H,4H2,1-3H3. The smallest absolute Gasteiger partial charge is 0.268 e. The van der Waals surface area contributed by atoms with Crippen molar-refractivity contribution in [3.63, 3.8) is 0 Å². The van der Waals surface area contributed by atoms with Gasteiger partial charge in [-0.2, -0.15) is 5.10 Å². The van der Waals surface area contributed by atoms with Gasteiger partial charge in [0.1, 0.15) is 11.9 Å². The highest BCUT2D eigenvalue weighted by molar-refractivity contribution is 5.32. The summed E-state index contributed by atoms with van der Waals surface area (Å²) in [6, 6.07) is 0. The minimum absolute atomic E-state index is 0.121. The molecule has 0 aromatic carbocycles. The SMILES string of the molecule is CC(C)Cc1nn(C)cc1[N+](=O)[O-]. The molecule has 1 aromatic rings. The first kappa shape index (κ1) is 9.70. The first-order valence-corrected chi connectivity index (χ1v) is 4.17. The van der Waals surface area contributed by atoms with Gasteiger partial charge in [0.15, 0.2) is 0 Å². The van der Waals surface area contributed by atoms with Crippen LogP contribution in [0.1, 0.15) is 19.5 Å². The molecule has 0 spiro atoms. The van der Waals surface area contributed by atoms with E-state index < -0.39 is 0 Å². The van der Waals surface area contributed by atoms with Gasteiger partial charge in [-0.05, 0) is 5.92 Å². The van der Waals surface area contributed by atoms with Crippen LogP contribution in [0.25, 0.3) is 0 Å². The highest BCUT2D eigenvalue weighted by atomic mass is 16.6. The molecule has 72 valence electrons. The zero-order valence-corrected chi connectivity index (χ0v) is 8.02. The van der Waals surface area contributed by atoms with Crippen molar-refractivity contribution in [3.05, 3.63) is 22.0 Å². The van der Waals surface area contributed by atoms with Gasteiger partial charge in [-0.25, -0.2) is 0 Å². The molecule has 13 heavy (non-hydrogen) atoms. The van der Waals surface area contributed by atoms with Gasteiger partial charge in [-0.3, -0.25) is 14.8 Å². The number of nitrogens with zero attached hydrogens (tertiary/aromatic N) is 3. The second kappa shape index (κ2) is 3.55. The van der Waals surface area contributed by atoms with E-state index in [1.165, 1.54) is 10.9 Å². The molecule has 0 aliphatic rings. The van der Waals surface area contributed by atoms with E-state index in [0.29, 0.717) is 18.0 Å². The van der Waals surface area contributed by atoms with Crippen molar-refractivity contribution in [2.45, 2.75) is 20.3 Å². The summed E-state index contributed by atoms with van der Waals surface area (Å²) in [7, 11) is 1.69. The minimum atomic E-state index is -0.384. The van der Waals surface area contributed by atoms with Crippen LogP contribution >= 0.6 is 0 Å². The summed E-state index contributed by atoms with van der Waals surface area (Å²) in [6.45, 7) is 4.02. The fourth-order valence-electron chi connectivity index (χ4n) is 1.21. The topological polar surface area (TPSA) is 61.0 Å². The van der Waals surface area contributed by atoms with Crippen LogP contribution in [-0.4, -0.2) is 14.7 Å². The molecule has 1 heterocycles. The van der Waals surface area contributed by atoms with Crippen LogP contribution in [0.5, 0.6) is 0 Å². The number of aryl methyl sites for hydroxylation is 1. The Morgan fingerprint density at radius 2 is 2.31 bits per heavy atom. The van der Waals surface area contributed by atoms with Crippen molar-refractivity contribution in [2.75, 3.05) is 0 Å². The van der Waals surface area contributed by atoms with E-state index in [-0.39, 0.29) is 10.6 Å². The van der Waals surface area contributed by atoms with Gasteiger partial charge < -0.3 is 0 Å². The summed E-state index contributed by atoms with van der Waals surface area (Å²) in [6.07, 6.45) is 2.09. The number of aromatic nitrogens is 2. The van der Waals surface area contributed by atoms with Crippen molar-refractivity contribution in [1.82, 2.24) is 9.78 Å². The van der Waals surface area contributed by atoms with Gasteiger partial charge in [0.05, 0.1) is 4.92 Å². The largest absolute Gasteiger partial charge is 0.310 e. The maximum absolute atomic E-state index is 10.6. The highest BCUT2D eigenvalue weighted by Gasteiger charge is 2.18. The molecule has 0 bridgehead atoms. The molecule has 0 fully saturated rings. The molecular formula is C8H13N3O2. The number of nitro groups is 1. The Hall–Kier alpha value is -1.39. The lowest BCUT2D eigenvalue weighted by atomic mass is 10.1. The van der Waals surface area contributed by atoms with Crippen molar-refractivity contribution < 1.29 is 4.92 Å². The third-order valence-electron chi connectivity index (χ3n) is 1.68. The van der Waals surface area contributed by atoms with Crippen LogP contribution < -0.4 is 0 Å². The maximum atomic E-state index is 10.6. The summed E-state index contributed by atoms with van der Waals surface area (Å²) in [5.74, 6) is 0.383. The molecule has 5 heteroatoms. The van der Waals surface area contributed by atoms with Crippen LogP contribution in [0.3, 0.4) is 0 Å². The molecule has 0 unspecified atom stereocenters. The van der Waals surface area contributed by atoms with Gasteiger partial charge in [0.2, 0.25) is 0 Å². The number of rotatable bonds is 3. The molecule has 1 aromatic heterocycles. The van der Waals surface area contributed by atoms with Crippen LogP contribution in [0.2, 0.25) is 0 Å². The molecule has 1 rings (SSSR count). The lowest BCUT2D eigenvalue weighted by Gasteiger charge is -1.99. The summed E-state index contributed by atoms with van der Waals surface area (Å²) in [5, 5.41) is 14.6. The number of hydrogen-bond acceptors (Lipinski definition) is 3. The van der Waals surface area contributed by atoms with Crippen LogP contribution in [0, 0.1) is 16.0 Å². The Morgan fingerprint density at radius 3 is 2.77 bits per heavy atom. The molecule has 5 nitrogen and oxygen atoms in total. The molecule has 0 aliphatic heterocycles. The Balaban J connectivity index is 2.97. The molecule has 0 saturated carbocycles. The number of hydrogen-bond donors (Lipinski definition) is 0. The predicted molar refractivity (Wildman–Crippen MR) is 48.4 cm³/mol. The van der Waals surface area contributed by atoms with Crippen LogP contribution in [-0.2, 0) is 13.5 Å². The second-order valence-corrected chi connectivity index (χ2v) is 3.49. The van der Waals surface area contributed by atoms with Gasteiger partial charge in [-0.1, -0.05) is 13.8 Å². The quantitative estimate of drug-likeness (QED) is 0.527. The van der Waals surface area contributed by atoms with Gasteiger partial charge in [0.25, 0.3) is 0 Å². The van der Waals surface area contributed by atoms with Gasteiger partial charge >= 0.3 is 5.69 Å². The molecule has 0 aliphatic carbocycles. The second-order valence-electron chi connectivity index (χ2n) is 3.49. The lowest BCUT2D eigenvalue weighted by molar-refractivity contribution is -0.385. The van der Waals surface area contributed by atoms with E-state index in [1.54, 1.807) is 7.05 Å². The fraction of sp³-hybridized carbons (Fsp3) is 0.625. The Morgan fingerprint density at radius 1 is 1.69 bits per heavy atom. The Kier molecular flexibility index (Phi) is 2.65. The zero-order chi connectivity index (χ0) is 10.0. The molecular weight excluding hydrogens is 170 g/mol. The third-order valence-corrected chi connectivity index (χ3v) is 1.68. The normalized spacial score (nSPS) is 10.8. The maximum Gasteiger partial charge on any atom is 0.310 e. The van der Waals surface area contributed by atoms with E-state index >= 15 is 0 Å². The van der Waals surface area contributed by atoms with E-state index in [4.69, 9.17) is 0 Å². The predicted octanol–water partition coefficient (Wildman–Crippen LogP) is 1.53. The van der Waals surface area contributed by atoms with E-state index in [1.807, 2.05) is 13.8 Å². The Bertz CT molecular complexity index is 317. The van der Waals surface area contributed by atoms with E-state index in [2.05, 4.69) is 5.10 Å². The first-order valence-electron chi connectivity index (χ1n) is 4.17. The van der Waals surface area contributed by atoms with Crippen molar-refractivity contribution in [2.24, 2.45) is 13.0 Å². The van der Waals surface area contributed by atoms with Gasteiger partial charge in [0, 0.05) is 13.5 Å². The summed E-state index contributed by atoms with van der Waals surface area (Å²) < 4.78 is 1.48. The lowest BCUT2D eigenvalue weighted by Crippen LogP contribution is -1.99. The van der Waals surface area contributed by atoms with Crippen LogP contribution in [0.4, 0.5) is 5.69 Å². The fourth-order valence-corrected chi connectivity index (χ4v) is 1.21. The average molecular weight is 183 g/mol. The van der Waals surface area contributed by atoms with E-state index in [9.17, 15) is 10.1 Å². The average Bonchev–Trinajstić information content (AvgIpc) is 2.29. The summed E-state index contributed by atoms with van der Waals surface area (Å²) in [4.78, 5) is 10.2. The molecule has 0 N–H and O–H groups in total. The summed E-state index contributed by atoms with van der Waals surface area (Å²) in [5.41, 5.74) is 0.693. The van der Waals surface area contributed by atoms with Crippen molar-refractivity contribution in [1.29, 1.82) is 0 Å². The molecule has 0 amide bonds. The minimum Gasteiger partial charge on any atom is -0.268 e. The molecule has 0 saturated heterocycles. The zero-order valence-electron chi connectivity index (χ0n) is 8.02. The molecule has 0 atom stereocenters. The Labute approximate surface area is 76.5 Å². The molecule has 0 radical (unpaired) electrons. The first-order chi connectivity index (χ1) is 6.00. The monoisotopic (exact) mass is 183 g/mol. The van der Waals surface area contributed by atoms with Crippen molar-refractivity contribution in [3.8, 4) is 0 Å². The van der Waals surface area contributed by atoms with Crippen molar-refractivity contribution >= 4 is 5.69 Å².